The molecule has 0 heterocycles. The van der Waals surface area contributed by atoms with Crippen molar-refractivity contribution in [3.63, 3.8) is 0 Å². The van der Waals surface area contributed by atoms with Gasteiger partial charge in [0.2, 0.25) is 0 Å². The quantitative estimate of drug-likeness (QED) is 0.387. The number of aliphatic carboxylic acids is 1. The minimum Gasteiger partial charge on any atom is -0.481 e. The van der Waals surface area contributed by atoms with Gasteiger partial charge < -0.3 is 5.11 Å². The van der Waals surface area contributed by atoms with Gasteiger partial charge >= 0.3 is 5.97 Å². The van der Waals surface area contributed by atoms with Gasteiger partial charge in [-0.25, -0.2) is 0 Å². The molecule has 0 aromatic heterocycles. The molecule has 3 heteroatoms. The van der Waals surface area contributed by atoms with Crippen LogP contribution in [0.25, 0.3) is 0 Å². The van der Waals surface area contributed by atoms with Crippen molar-refractivity contribution in [3.05, 3.63) is 35.4 Å². The second-order valence-corrected chi connectivity index (χ2v) is 7.77. The largest absolute Gasteiger partial charge is 0.481 e. The van der Waals surface area contributed by atoms with E-state index in [1.165, 1.54) is 50.5 Å². The molecular formula is C23H34O3. The molecule has 1 N–H and O–H groups in total. The molecule has 2 unspecified atom stereocenters. The van der Waals surface area contributed by atoms with Crippen molar-refractivity contribution < 1.29 is 14.7 Å². The van der Waals surface area contributed by atoms with E-state index in [0.717, 1.165) is 19.3 Å². The number of aryl methyl sites for hydroxylation is 1. The minimum atomic E-state index is -0.821. The number of carbonyl (C=O) groups is 2. The minimum absolute atomic E-state index is 0.0135. The summed E-state index contributed by atoms with van der Waals surface area (Å²) in [6.07, 6.45) is 13.4. The molecular weight excluding hydrogens is 324 g/mol. The summed E-state index contributed by atoms with van der Waals surface area (Å²) in [7, 11) is 0. The number of hydrogen-bond donors (Lipinski definition) is 1. The van der Waals surface area contributed by atoms with Gasteiger partial charge in [-0.3, -0.25) is 9.59 Å². The molecule has 0 saturated heterocycles. The predicted molar refractivity (Wildman–Crippen MR) is 106 cm³/mol. The number of Topliss-reactive ketones (excluding diaryl/α,β-unsaturated/α-hetero) is 1. The van der Waals surface area contributed by atoms with E-state index < -0.39 is 11.9 Å². The van der Waals surface area contributed by atoms with E-state index >= 15 is 0 Å². The molecule has 1 aromatic rings. The molecule has 26 heavy (non-hydrogen) atoms. The lowest BCUT2D eigenvalue weighted by Gasteiger charge is -2.27. The Morgan fingerprint density at radius 3 is 2.08 bits per heavy atom. The number of carboxylic acid groups (broad SMARTS) is 1. The van der Waals surface area contributed by atoms with Gasteiger partial charge in [-0.05, 0) is 31.2 Å². The first-order valence-electron chi connectivity index (χ1n) is 10.5. The van der Waals surface area contributed by atoms with Crippen LogP contribution < -0.4 is 0 Å². The maximum atomic E-state index is 12.7. The van der Waals surface area contributed by atoms with Gasteiger partial charge in [0.15, 0.2) is 5.78 Å². The van der Waals surface area contributed by atoms with Crippen molar-refractivity contribution in [2.24, 2.45) is 11.8 Å². The van der Waals surface area contributed by atoms with Gasteiger partial charge in [-0.1, -0.05) is 82.6 Å². The maximum Gasteiger partial charge on any atom is 0.307 e. The molecule has 0 bridgehead atoms. The van der Waals surface area contributed by atoms with Crippen LogP contribution in [0, 0.1) is 11.8 Å². The number of ketones is 1. The molecule has 0 spiro atoms. The number of carboxylic acids is 1. The molecule has 1 aromatic carbocycles. The fraction of sp³-hybridized carbons (Fsp3) is 0.652. The van der Waals surface area contributed by atoms with Crippen LogP contribution >= 0.6 is 0 Å². The molecule has 1 aliphatic carbocycles. The van der Waals surface area contributed by atoms with Gasteiger partial charge in [-0.15, -0.1) is 0 Å². The molecule has 3 nitrogen and oxygen atoms in total. The Morgan fingerprint density at radius 2 is 1.46 bits per heavy atom. The van der Waals surface area contributed by atoms with Crippen molar-refractivity contribution in [1.29, 1.82) is 0 Å². The Balaban J connectivity index is 1.80. The first-order valence-corrected chi connectivity index (χ1v) is 10.5. The van der Waals surface area contributed by atoms with Gasteiger partial charge in [0.25, 0.3) is 0 Å². The van der Waals surface area contributed by atoms with Crippen LogP contribution in [-0.2, 0) is 11.2 Å². The fourth-order valence-corrected chi connectivity index (χ4v) is 4.08. The van der Waals surface area contributed by atoms with Crippen LogP contribution in [0.1, 0.15) is 93.5 Å². The molecule has 144 valence electrons. The number of benzene rings is 1. The van der Waals surface area contributed by atoms with Gasteiger partial charge in [0.05, 0.1) is 5.92 Å². The first kappa shape index (κ1) is 20.7. The van der Waals surface area contributed by atoms with E-state index in [4.69, 9.17) is 0 Å². The highest BCUT2D eigenvalue weighted by atomic mass is 16.4. The summed E-state index contributed by atoms with van der Waals surface area (Å²) in [5.74, 6) is -1.67. The van der Waals surface area contributed by atoms with Crippen molar-refractivity contribution in [2.75, 3.05) is 0 Å². The topological polar surface area (TPSA) is 54.4 Å². The number of carbonyl (C=O) groups excluding carboxylic acids is 1. The Kier molecular flexibility index (Phi) is 8.87. The molecule has 2 rings (SSSR count). The molecule has 0 amide bonds. The lowest BCUT2D eigenvalue weighted by molar-refractivity contribution is -0.144. The first-order chi connectivity index (χ1) is 12.6. The lowest BCUT2D eigenvalue weighted by atomic mass is 9.75. The van der Waals surface area contributed by atoms with Crippen LogP contribution in [-0.4, -0.2) is 16.9 Å². The lowest BCUT2D eigenvalue weighted by Crippen LogP contribution is -2.32. The van der Waals surface area contributed by atoms with E-state index in [-0.39, 0.29) is 11.7 Å². The standard InChI is InChI=1S/C23H34O3/c1-2-3-4-5-6-7-8-11-18-14-16-19(17-15-18)22(24)20-12-9-10-13-21(20)23(25)26/h14-17,20-21H,2-13H2,1H3,(H,25,26). The highest BCUT2D eigenvalue weighted by Crippen LogP contribution is 2.33. The van der Waals surface area contributed by atoms with Gasteiger partial charge in [0, 0.05) is 11.5 Å². The third-order valence-corrected chi connectivity index (χ3v) is 5.73. The summed E-state index contributed by atoms with van der Waals surface area (Å²) in [5.41, 5.74) is 1.94. The molecule has 0 radical (unpaired) electrons. The summed E-state index contributed by atoms with van der Waals surface area (Å²) < 4.78 is 0. The van der Waals surface area contributed by atoms with E-state index in [0.29, 0.717) is 18.4 Å². The number of unbranched alkanes of at least 4 members (excludes halogenated alkanes) is 6. The second-order valence-electron chi connectivity index (χ2n) is 7.77. The summed E-state index contributed by atoms with van der Waals surface area (Å²) >= 11 is 0. The summed E-state index contributed by atoms with van der Waals surface area (Å²) in [4.78, 5) is 24.2. The fourth-order valence-electron chi connectivity index (χ4n) is 4.08. The van der Waals surface area contributed by atoms with Crippen molar-refractivity contribution in [1.82, 2.24) is 0 Å². The van der Waals surface area contributed by atoms with Crippen LogP contribution in [0.4, 0.5) is 0 Å². The van der Waals surface area contributed by atoms with E-state index in [1.54, 1.807) is 0 Å². The zero-order valence-corrected chi connectivity index (χ0v) is 16.2. The molecule has 1 saturated carbocycles. The van der Waals surface area contributed by atoms with Crippen molar-refractivity contribution >= 4 is 11.8 Å². The highest BCUT2D eigenvalue weighted by molar-refractivity contribution is 6.00. The third-order valence-electron chi connectivity index (χ3n) is 5.73. The average molecular weight is 359 g/mol. The van der Waals surface area contributed by atoms with Crippen molar-refractivity contribution in [3.8, 4) is 0 Å². The van der Waals surface area contributed by atoms with Gasteiger partial charge in [0.1, 0.15) is 0 Å². The summed E-state index contributed by atoms with van der Waals surface area (Å²) in [6, 6.07) is 7.88. The Hall–Kier alpha value is -1.64. The maximum absolute atomic E-state index is 12.7. The number of rotatable bonds is 11. The second kappa shape index (κ2) is 11.2. The van der Waals surface area contributed by atoms with E-state index in [2.05, 4.69) is 6.92 Å². The summed E-state index contributed by atoms with van der Waals surface area (Å²) in [6.45, 7) is 2.24. The number of hydrogen-bond acceptors (Lipinski definition) is 2. The summed E-state index contributed by atoms with van der Waals surface area (Å²) in [5, 5.41) is 9.38. The normalized spacial score (nSPS) is 20.0. The third kappa shape index (κ3) is 6.26. The SMILES string of the molecule is CCCCCCCCCc1ccc(C(=O)C2CCCCC2C(=O)O)cc1. The monoisotopic (exact) mass is 358 g/mol. The van der Waals surface area contributed by atoms with Crippen LogP contribution in [0.3, 0.4) is 0 Å². The Morgan fingerprint density at radius 1 is 0.885 bits per heavy atom. The van der Waals surface area contributed by atoms with Crippen molar-refractivity contribution in [2.45, 2.75) is 84.0 Å². The van der Waals surface area contributed by atoms with E-state index in [1.807, 2.05) is 24.3 Å². The average Bonchev–Trinajstić information content (AvgIpc) is 2.67. The molecule has 1 aliphatic rings. The zero-order valence-electron chi connectivity index (χ0n) is 16.2. The molecule has 2 atom stereocenters. The smallest absolute Gasteiger partial charge is 0.307 e. The highest BCUT2D eigenvalue weighted by Gasteiger charge is 2.35. The Labute approximate surface area is 158 Å². The molecule has 1 fully saturated rings. The predicted octanol–water partition coefficient (Wildman–Crippen LogP) is 6.05. The van der Waals surface area contributed by atoms with Gasteiger partial charge in [-0.2, -0.15) is 0 Å². The Bertz CT molecular complexity index is 561. The van der Waals surface area contributed by atoms with Crippen LogP contribution in [0.15, 0.2) is 24.3 Å². The van der Waals surface area contributed by atoms with Crippen LogP contribution in [0.2, 0.25) is 0 Å². The zero-order chi connectivity index (χ0) is 18.8. The van der Waals surface area contributed by atoms with E-state index in [9.17, 15) is 14.7 Å². The molecule has 0 aliphatic heterocycles. The van der Waals surface area contributed by atoms with Crippen LogP contribution in [0.5, 0.6) is 0 Å².